The molecule has 0 radical (unpaired) electrons. The summed E-state index contributed by atoms with van der Waals surface area (Å²) in [5, 5.41) is 8.88. The molecule has 0 N–H and O–H groups in total. The third-order valence-electron chi connectivity index (χ3n) is 8.31. The average molecular weight is 476 g/mol. The molecule has 0 amide bonds. The third kappa shape index (κ3) is 6.72. The maximum Gasteiger partial charge on any atom is 0.343 e. The molecule has 2 aromatic rings. The van der Waals surface area contributed by atoms with Crippen molar-refractivity contribution in [1.82, 2.24) is 0 Å². The highest BCUT2D eigenvalue weighted by molar-refractivity contribution is 5.91. The molecule has 0 saturated heterocycles. The highest BCUT2D eigenvalue weighted by Crippen LogP contribution is 2.48. The third-order valence-corrected chi connectivity index (χ3v) is 8.31. The first-order valence-electron chi connectivity index (χ1n) is 13.6. The number of esters is 1. The fraction of sp³-hybridized carbons (Fsp3) is 0.548. The summed E-state index contributed by atoms with van der Waals surface area (Å²) in [6, 6.07) is 13.1. The summed E-state index contributed by atoms with van der Waals surface area (Å²) in [6.07, 6.45) is 15.5. The molecule has 0 heterocycles. The Hall–Kier alpha value is -2.67. The number of fused-ring (bicyclic) bond motifs is 1. The lowest BCUT2D eigenvalue weighted by Gasteiger charge is -2.42. The van der Waals surface area contributed by atoms with Crippen LogP contribution in [-0.2, 0) is 0 Å². The van der Waals surface area contributed by atoms with Crippen molar-refractivity contribution in [3.63, 3.8) is 0 Å². The zero-order valence-electron chi connectivity index (χ0n) is 21.0. The van der Waals surface area contributed by atoms with E-state index in [0.717, 1.165) is 30.2 Å². The first kappa shape index (κ1) is 25.4. The quantitative estimate of drug-likeness (QED) is 0.207. The Bertz CT molecular complexity index is 1030. The summed E-state index contributed by atoms with van der Waals surface area (Å²) >= 11 is 0. The van der Waals surface area contributed by atoms with Gasteiger partial charge in [0, 0.05) is 0 Å². The van der Waals surface area contributed by atoms with Gasteiger partial charge in [-0.3, -0.25) is 0 Å². The number of carbonyl (C=O) groups excluding carboxylic acids is 1. The first-order chi connectivity index (χ1) is 17.1. The molecule has 0 aliphatic heterocycles. The second kappa shape index (κ2) is 12.3. The molecule has 4 unspecified atom stereocenters. The smallest absolute Gasteiger partial charge is 0.343 e. The van der Waals surface area contributed by atoms with E-state index < -0.39 is 5.97 Å². The summed E-state index contributed by atoms with van der Waals surface area (Å²) in [5.74, 6) is 2.11. The van der Waals surface area contributed by atoms with Crippen LogP contribution in [0.1, 0.15) is 111 Å². The number of hydrogen-bond donors (Lipinski definition) is 0. The first-order valence-corrected chi connectivity index (χ1v) is 13.6. The number of rotatable bonds is 9. The summed E-state index contributed by atoms with van der Waals surface area (Å²) in [7, 11) is 0. The van der Waals surface area contributed by atoms with Crippen LogP contribution in [0, 0.1) is 34.9 Å². The Morgan fingerprint density at radius 3 is 2.46 bits per heavy atom. The number of ether oxygens (including phenoxy) is 1. The maximum atomic E-state index is 15.1. The molecule has 0 bridgehead atoms. The molecular formula is C31H38FNO2. The normalized spacial score (nSPS) is 23.8. The maximum absolute atomic E-state index is 15.1. The molecule has 2 aliphatic rings. The number of nitriles is 1. The SMILES string of the molecule is CCCCCCCC1CCC2CC(c3ccc(C(=O)Oc4ccc(C#N)cc4)cc3F)CCC2C1. The molecule has 2 fully saturated rings. The highest BCUT2D eigenvalue weighted by Gasteiger charge is 2.36. The van der Waals surface area contributed by atoms with E-state index in [2.05, 4.69) is 6.92 Å². The number of benzene rings is 2. The fourth-order valence-electron chi connectivity index (χ4n) is 6.32. The lowest BCUT2D eigenvalue weighted by molar-refractivity contribution is 0.0734. The van der Waals surface area contributed by atoms with E-state index in [-0.39, 0.29) is 17.3 Å². The van der Waals surface area contributed by atoms with Gasteiger partial charge < -0.3 is 4.74 Å². The van der Waals surface area contributed by atoms with Gasteiger partial charge in [-0.05, 0) is 97.7 Å². The van der Waals surface area contributed by atoms with Crippen molar-refractivity contribution in [2.75, 3.05) is 0 Å². The minimum Gasteiger partial charge on any atom is -0.423 e. The Balaban J connectivity index is 1.29. The second-order valence-electron chi connectivity index (χ2n) is 10.7. The molecular weight excluding hydrogens is 437 g/mol. The van der Waals surface area contributed by atoms with Crippen LogP contribution >= 0.6 is 0 Å². The monoisotopic (exact) mass is 475 g/mol. The summed E-state index contributed by atoms with van der Waals surface area (Å²) < 4.78 is 20.5. The number of halogens is 1. The number of carbonyl (C=O) groups is 1. The van der Waals surface area contributed by atoms with Crippen LogP contribution in [0.4, 0.5) is 4.39 Å². The Kier molecular flexibility index (Phi) is 8.96. The molecule has 186 valence electrons. The lowest BCUT2D eigenvalue weighted by atomic mass is 9.63. The molecule has 35 heavy (non-hydrogen) atoms. The number of hydrogen-bond acceptors (Lipinski definition) is 3. The molecule has 2 saturated carbocycles. The van der Waals surface area contributed by atoms with Gasteiger partial charge in [-0.2, -0.15) is 5.26 Å². The van der Waals surface area contributed by atoms with Gasteiger partial charge >= 0.3 is 5.97 Å². The number of nitrogens with zero attached hydrogens (tertiary/aromatic N) is 1. The van der Waals surface area contributed by atoms with E-state index in [1.54, 1.807) is 36.4 Å². The minimum absolute atomic E-state index is 0.212. The van der Waals surface area contributed by atoms with Gasteiger partial charge in [0.2, 0.25) is 0 Å². The average Bonchev–Trinajstić information content (AvgIpc) is 2.88. The molecule has 4 atom stereocenters. The predicted octanol–water partition coefficient (Wildman–Crippen LogP) is 8.58. The summed E-state index contributed by atoms with van der Waals surface area (Å²) in [6.45, 7) is 2.27. The van der Waals surface area contributed by atoms with Gasteiger partial charge in [0.25, 0.3) is 0 Å². The Morgan fingerprint density at radius 1 is 0.971 bits per heavy atom. The van der Waals surface area contributed by atoms with Crippen molar-refractivity contribution < 1.29 is 13.9 Å². The highest BCUT2D eigenvalue weighted by atomic mass is 19.1. The van der Waals surface area contributed by atoms with E-state index in [9.17, 15) is 4.79 Å². The van der Waals surface area contributed by atoms with Gasteiger partial charge in [0.15, 0.2) is 0 Å². The summed E-state index contributed by atoms with van der Waals surface area (Å²) in [4.78, 5) is 12.5. The van der Waals surface area contributed by atoms with Crippen LogP contribution in [-0.4, -0.2) is 5.97 Å². The van der Waals surface area contributed by atoms with Crippen LogP contribution in [0.2, 0.25) is 0 Å². The van der Waals surface area contributed by atoms with E-state index in [1.165, 1.54) is 70.3 Å². The number of unbranched alkanes of at least 4 members (excludes halogenated alkanes) is 4. The standard InChI is InChI=1S/C31H38FNO2/c1-2-3-4-5-6-7-22-8-11-25-19-26(13-12-24(25)18-22)29-17-14-27(20-30(29)32)31(34)35-28-15-9-23(21-33)10-16-28/h9-10,14-17,20,22,24-26H,2-8,11-13,18-19H2,1H3. The zero-order valence-corrected chi connectivity index (χ0v) is 21.0. The van der Waals surface area contributed by atoms with Crippen molar-refractivity contribution >= 4 is 5.97 Å². The van der Waals surface area contributed by atoms with Gasteiger partial charge in [-0.25, -0.2) is 9.18 Å². The van der Waals surface area contributed by atoms with Crippen LogP contribution in [0.5, 0.6) is 5.75 Å². The van der Waals surface area contributed by atoms with Crippen molar-refractivity contribution in [3.8, 4) is 11.8 Å². The van der Waals surface area contributed by atoms with Gasteiger partial charge in [0.1, 0.15) is 11.6 Å². The van der Waals surface area contributed by atoms with E-state index in [0.29, 0.717) is 17.2 Å². The topological polar surface area (TPSA) is 50.1 Å². The predicted molar refractivity (Wildman–Crippen MR) is 137 cm³/mol. The van der Waals surface area contributed by atoms with E-state index in [1.807, 2.05) is 6.07 Å². The van der Waals surface area contributed by atoms with Gasteiger partial charge in [-0.1, -0.05) is 57.9 Å². The molecule has 0 aromatic heterocycles. The lowest BCUT2D eigenvalue weighted by Crippen LogP contribution is -2.30. The van der Waals surface area contributed by atoms with Crippen molar-refractivity contribution in [1.29, 1.82) is 5.26 Å². The van der Waals surface area contributed by atoms with Crippen LogP contribution in [0.15, 0.2) is 42.5 Å². The summed E-state index contributed by atoms with van der Waals surface area (Å²) in [5.41, 5.74) is 1.45. The van der Waals surface area contributed by atoms with Crippen LogP contribution in [0.3, 0.4) is 0 Å². The van der Waals surface area contributed by atoms with E-state index in [4.69, 9.17) is 10.00 Å². The minimum atomic E-state index is -0.586. The molecule has 3 nitrogen and oxygen atoms in total. The fourth-order valence-corrected chi connectivity index (χ4v) is 6.32. The van der Waals surface area contributed by atoms with Crippen molar-refractivity contribution in [2.45, 2.75) is 89.9 Å². The van der Waals surface area contributed by atoms with Crippen LogP contribution in [0.25, 0.3) is 0 Å². The molecule has 4 heteroatoms. The second-order valence-corrected chi connectivity index (χ2v) is 10.7. The van der Waals surface area contributed by atoms with Gasteiger partial charge in [0.05, 0.1) is 17.2 Å². The molecule has 4 rings (SSSR count). The van der Waals surface area contributed by atoms with Crippen molar-refractivity contribution in [3.05, 3.63) is 65.0 Å². The molecule has 0 spiro atoms. The van der Waals surface area contributed by atoms with Gasteiger partial charge in [-0.15, -0.1) is 0 Å². The van der Waals surface area contributed by atoms with E-state index >= 15 is 4.39 Å². The Labute approximate surface area is 209 Å². The largest absolute Gasteiger partial charge is 0.423 e. The zero-order chi connectivity index (χ0) is 24.6. The van der Waals surface area contributed by atoms with Crippen LogP contribution < -0.4 is 4.74 Å². The Morgan fingerprint density at radius 2 is 1.71 bits per heavy atom. The van der Waals surface area contributed by atoms with Crippen molar-refractivity contribution in [2.24, 2.45) is 17.8 Å². The molecule has 2 aliphatic carbocycles. The molecule has 2 aromatic carbocycles.